The smallest absolute Gasteiger partial charge is 0.239 e. The van der Waals surface area contributed by atoms with Gasteiger partial charge in [-0.05, 0) is 12.1 Å². The molecule has 0 aliphatic carbocycles. The van der Waals surface area contributed by atoms with Crippen molar-refractivity contribution >= 4 is 17.5 Å². The van der Waals surface area contributed by atoms with Crippen molar-refractivity contribution in [2.24, 2.45) is 0 Å². The average molecular weight is 332 g/mol. The number of anilines is 1. The molecule has 0 radical (unpaired) electrons. The van der Waals surface area contributed by atoms with Gasteiger partial charge in [-0.15, -0.1) is 5.10 Å². The topological polar surface area (TPSA) is 92.2 Å². The highest BCUT2D eigenvalue weighted by Crippen LogP contribution is 2.22. The second kappa shape index (κ2) is 6.65. The van der Waals surface area contributed by atoms with Crippen LogP contribution < -0.4 is 15.5 Å². The molecule has 1 aromatic carbocycles. The Morgan fingerprint density at radius 1 is 1.46 bits per heavy atom. The van der Waals surface area contributed by atoms with Gasteiger partial charge < -0.3 is 15.5 Å². The zero-order valence-electron chi connectivity index (χ0n) is 13.1. The fourth-order valence-electron chi connectivity index (χ4n) is 2.46. The maximum atomic E-state index is 14.4. The van der Waals surface area contributed by atoms with Crippen LogP contribution in [0, 0.1) is 5.82 Å². The molecule has 1 aliphatic rings. The monoisotopic (exact) mass is 332 g/mol. The molecule has 1 aromatic heterocycles. The first-order valence-corrected chi connectivity index (χ1v) is 7.50. The van der Waals surface area contributed by atoms with Crippen molar-refractivity contribution in [3.63, 3.8) is 0 Å². The molecular formula is C15H17FN6O2. The molecule has 126 valence electrons. The highest BCUT2D eigenvalue weighted by atomic mass is 19.1. The fourth-order valence-corrected chi connectivity index (χ4v) is 2.46. The Labute approximate surface area is 137 Å². The summed E-state index contributed by atoms with van der Waals surface area (Å²) in [7, 11) is 0. The van der Waals surface area contributed by atoms with Crippen molar-refractivity contribution in [1.82, 2.24) is 25.6 Å². The van der Waals surface area contributed by atoms with Crippen LogP contribution >= 0.6 is 0 Å². The van der Waals surface area contributed by atoms with E-state index in [4.69, 9.17) is 0 Å². The van der Waals surface area contributed by atoms with E-state index in [-0.39, 0.29) is 24.9 Å². The highest BCUT2D eigenvalue weighted by molar-refractivity contribution is 5.82. The molecule has 1 aliphatic heterocycles. The van der Waals surface area contributed by atoms with Crippen LogP contribution in [-0.4, -0.2) is 46.4 Å². The summed E-state index contributed by atoms with van der Waals surface area (Å²) >= 11 is 0. The summed E-state index contributed by atoms with van der Waals surface area (Å²) in [6, 6.07) is 4.68. The number of piperazine rings is 1. The zero-order valence-corrected chi connectivity index (χ0v) is 13.1. The molecule has 3 rings (SSSR count). The van der Waals surface area contributed by atoms with Gasteiger partial charge in [0.25, 0.3) is 0 Å². The van der Waals surface area contributed by atoms with Gasteiger partial charge in [0.05, 0.1) is 30.7 Å². The Balaban J connectivity index is 1.77. The van der Waals surface area contributed by atoms with Gasteiger partial charge in [0.15, 0.2) is 0 Å². The minimum Gasteiger partial charge on any atom is -0.358 e. The first kappa shape index (κ1) is 15.9. The summed E-state index contributed by atoms with van der Waals surface area (Å²) in [5.41, 5.74) is 1.47. The van der Waals surface area contributed by atoms with E-state index in [1.165, 1.54) is 17.7 Å². The Morgan fingerprint density at radius 2 is 2.29 bits per heavy atom. The second-order valence-electron chi connectivity index (χ2n) is 5.47. The predicted molar refractivity (Wildman–Crippen MR) is 84.1 cm³/mol. The molecule has 8 nitrogen and oxygen atoms in total. The number of carbonyl (C=O) groups excluding carboxylic acids is 2. The summed E-state index contributed by atoms with van der Waals surface area (Å²) in [4.78, 5) is 24.0. The van der Waals surface area contributed by atoms with E-state index in [9.17, 15) is 14.0 Å². The number of amides is 2. The summed E-state index contributed by atoms with van der Waals surface area (Å²) in [5.74, 6) is -0.713. The van der Waals surface area contributed by atoms with Gasteiger partial charge in [0, 0.05) is 26.1 Å². The number of hydrogen-bond donors (Lipinski definition) is 2. The summed E-state index contributed by atoms with van der Waals surface area (Å²) in [5, 5.41) is 13.2. The Morgan fingerprint density at radius 3 is 3.00 bits per heavy atom. The second-order valence-corrected chi connectivity index (χ2v) is 5.47. The van der Waals surface area contributed by atoms with Crippen molar-refractivity contribution in [2.75, 3.05) is 24.5 Å². The number of hydrogen-bond acceptors (Lipinski definition) is 5. The van der Waals surface area contributed by atoms with E-state index in [1.54, 1.807) is 23.2 Å². The summed E-state index contributed by atoms with van der Waals surface area (Å²) in [6.45, 7) is 2.88. The minimum atomic E-state index is -0.430. The number of halogens is 1. The number of nitrogens with zero attached hydrogens (tertiary/aromatic N) is 4. The van der Waals surface area contributed by atoms with Crippen LogP contribution in [0.4, 0.5) is 10.1 Å². The molecule has 2 aromatic rings. The number of carbonyl (C=O) groups is 2. The van der Waals surface area contributed by atoms with Gasteiger partial charge in [-0.25, -0.2) is 9.07 Å². The fraction of sp³-hybridized carbons (Fsp3) is 0.333. The summed E-state index contributed by atoms with van der Waals surface area (Å²) in [6.07, 6.45) is 1.62. The molecule has 1 fully saturated rings. The van der Waals surface area contributed by atoms with Crippen LogP contribution in [0.3, 0.4) is 0 Å². The van der Waals surface area contributed by atoms with Crippen LogP contribution in [0.1, 0.15) is 12.6 Å². The first-order chi connectivity index (χ1) is 11.5. The molecule has 0 saturated carbocycles. The molecule has 2 heterocycles. The Bertz CT molecular complexity index is 775. The number of nitrogens with one attached hydrogen (secondary N) is 2. The SMILES string of the molecule is CC(=O)NCc1cn(-c2ccc(N3CCNC(=O)C3)c(F)c2)nn1. The number of benzene rings is 1. The Kier molecular flexibility index (Phi) is 4.41. The van der Waals surface area contributed by atoms with E-state index < -0.39 is 5.82 Å². The van der Waals surface area contributed by atoms with E-state index >= 15 is 0 Å². The van der Waals surface area contributed by atoms with Crippen molar-refractivity contribution in [3.05, 3.63) is 35.9 Å². The largest absolute Gasteiger partial charge is 0.358 e. The lowest BCUT2D eigenvalue weighted by molar-refractivity contribution is -0.120. The lowest BCUT2D eigenvalue weighted by Crippen LogP contribution is -2.48. The number of rotatable bonds is 4. The van der Waals surface area contributed by atoms with E-state index in [0.29, 0.717) is 30.2 Å². The minimum absolute atomic E-state index is 0.122. The molecule has 1 saturated heterocycles. The highest BCUT2D eigenvalue weighted by Gasteiger charge is 2.19. The number of aromatic nitrogens is 3. The third-order valence-corrected chi connectivity index (χ3v) is 3.63. The van der Waals surface area contributed by atoms with Gasteiger partial charge in [-0.2, -0.15) is 0 Å². The lowest BCUT2D eigenvalue weighted by atomic mass is 10.2. The van der Waals surface area contributed by atoms with Crippen LogP contribution in [0.2, 0.25) is 0 Å². The lowest BCUT2D eigenvalue weighted by Gasteiger charge is -2.28. The third kappa shape index (κ3) is 3.50. The standard InChI is InChI=1S/C15H17FN6O2/c1-10(23)18-7-11-8-22(20-19-11)12-2-3-14(13(16)6-12)21-5-4-17-15(24)9-21/h2-3,6,8H,4-5,7,9H2,1H3,(H,17,24)(H,18,23). The van der Waals surface area contributed by atoms with Crippen molar-refractivity contribution in [2.45, 2.75) is 13.5 Å². The van der Waals surface area contributed by atoms with E-state index in [1.807, 2.05) is 0 Å². The third-order valence-electron chi connectivity index (χ3n) is 3.63. The first-order valence-electron chi connectivity index (χ1n) is 7.50. The van der Waals surface area contributed by atoms with Crippen LogP contribution in [0.25, 0.3) is 5.69 Å². The van der Waals surface area contributed by atoms with Gasteiger partial charge in [-0.1, -0.05) is 5.21 Å². The molecule has 0 bridgehead atoms. The van der Waals surface area contributed by atoms with Crippen LogP contribution in [-0.2, 0) is 16.1 Å². The quantitative estimate of drug-likeness (QED) is 0.821. The van der Waals surface area contributed by atoms with Crippen LogP contribution in [0.15, 0.2) is 24.4 Å². The van der Waals surface area contributed by atoms with Gasteiger partial charge in [-0.3, -0.25) is 9.59 Å². The molecule has 24 heavy (non-hydrogen) atoms. The van der Waals surface area contributed by atoms with Gasteiger partial charge in [0.2, 0.25) is 11.8 Å². The average Bonchev–Trinajstić information content (AvgIpc) is 3.02. The maximum absolute atomic E-state index is 14.4. The van der Waals surface area contributed by atoms with Crippen molar-refractivity contribution < 1.29 is 14.0 Å². The zero-order chi connectivity index (χ0) is 17.1. The van der Waals surface area contributed by atoms with E-state index in [2.05, 4.69) is 20.9 Å². The molecule has 2 amide bonds. The molecular weight excluding hydrogens is 315 g/mol. The van der Waals surface area contributed by atoms with Gasteiger partial charge in [0.1, 0.15) is 11.5 Å². The molecule has 0 unspecified atom stereocenters. The van der Waals surface area contributed by atoms with Crippen LogP contribution in [0.5, 0.6) is 0 Å². The molecule has 0 atom stereocenters. The van der Waals surface area contributed by atoms with Crippen molar-refractivity contribution in [3.8, 4) is 5.69 Å². The van der Waals surface area contributed by atoms with E-state index in [0.717, 1.165) is 0 Å². The summed E-state index contributed by atoms with van der Waals surface area (Å²) < 4.78 is 15.9. The molecule has 9 heteroatoms. The molecule has 2 N–H and O–H groups in total. The normalized spacial score (nSPS) is 14.4. The molecule has 0 spiro atoms. The van der Waals surface area contributed by atoms with Gasteiger partial charge >= 0.3 is 0 Å². The Hall–Kier alpha value is -2.97. The maximum Gasteiger partial charge on any atom is 0.239 e. The predicted octanol–water partition coefficient (Wildman–Crippen LogP) is -0.0213. The van der Waals surface area contributed by atoms with Crippen molar-refractivity contribution in [1.29, 1.82) is 0 Å².